The van der Waals surface area contributed by atoms with Gasteiger partial charge < -0.3 is 16.0 Å². The number of benzene rings is 1. The molecule has 0 radical (unpaired) electrons. The van der Waals surface area contributed by atoms with Gasteiger partial charge in [-0.1, -0.05) is 0 Å². The van der Waals surface area contributed by atoms with Crippen LogP contribution < -0.4 is 11.1 Å². The molecule has 1 aromatic rings. The van der Waals surface area contributed by atoms with Gasteiger partial charge in [0, 0.05) is 30.8 Å². The molecule has 0 saturated carbocycles. The van der Waals surface area contributed by atoms with Crippen LogP contribution in [0.15, 0.2) is 18.2 Å². The van der Waals surface area contributed by atoms with E-state index in [-0.39, 0.29) is 18.0 Å². The third-order valence-corrected chi connectivity index (χ3v) is 3.37. The van der Waals surface area contributed by atoms with Crippen LogP contribution in [0.4, 0.5) is 4.39 Å². The van der Waals surface area contributed by atoms with E-state index in [0.717, 1.165) is 0 Å². The first-order chi connectivity index (χ1) is 9.90. The quantitative estimate of drug-likeness (QED) is 0.795. The second-order valence-electron chi connectivity index (χ2n) is 4.78. The number of halogens is 1. The number of rotatable bonds is 7. The monoisotopic (exact) mass is 295 g/mol. The highest BCUT2D eigenvalue weighted by Gasteiger charge is 2.18. The SMILES string of the molecule is CCN(CC)C(=O)C(C)NCc1cc(C(N)=O)ccc1F. The van der Waals surface area contributed by atoms with E-state index >= 15 is 0 Å². The lowest BCUT2D eigenvalue weighted by molar-refractivity contribution is -0.132. The zero-order valence-electron chi connectivity index (χ0n) is 12.6. The molecule has 0 aliphatic carbocycles. The lowest BCUT2D eigenvalue weighted by Crippen LogP contribution is -2.44. The van der Waals surface area contributed by atoms with Crippen molar-refractivity contribution in [1.82, 2.24) is 10.2 Å². The Morgan fingerprint density at radius 1 is 1.33 bits per heavy atom. The van der Waals surface area contributed by atoms with Gasteiger partial charge in [-0.3, -0.25) is 9.59 Å². The summed E-state index contributed by atoms with van der Waals surface area (Å²) < 4.78 is 13.7. The summed E-state index contributed by atoms with van der Waals surface area (Å²) in [4.78, 5) is 24.9. The van der Waals surface area contributed by atoms with E-state index in [1.807, 2.05) is 13.8 Å². The topological polar surface area (TPSA) is 75.4 Å². The molecule has 0 heterocycles. The minimum atomic E-state index is -0.608. The van der Waals surface area contributed by atoms with Crippen LogP contribution in [0.2, 0.25) is 0 Å². The Morgan fingerprint density at radius 2 is 1.95 bits per heavy atom. The highest BCUT2D eigenvalue weighted by atomic mass is 19.1. The van der Waals surface area contributed by atoms with Gasteiger partial charge in [-0.15, -0.1) is 0 Å². The molecular formula is C15H22FN3O2. The molecule has 0 aromatic heterocycles. The molecule has 5 nitrogen and oxygen atoms in total. The van der Waals surface area contributed by atoms with Gasteiger partial charge in [0.05, 0.1) is 6.04 Å². The Bertz CT molecular complexity index is 516. The van der Waals surface area contributed by atoms with Crippen LogP contribution in [-0.2, 0) is 11.3 Å². The van der Waals surface area contributed by atoms with E-state index in [4.69, 9.17) is 5.73 Å². The predicted molar refractivity (Wildman–Crippen MR) is 79.1 cm³/mol. The summed E-state index contributed by atoms with van der Waals surface area (Å²) in [7, 11) is 0. The van der Waals surface area contributed by atoms with Crippen molar-refractivity contribution in [1.29, 1.82) is 0 Å². The molecule has 2 amide bonds. The van der Waals surface area contributed by atoms with E-state index < -0.39 is 17.8 Å². The van der Waals surface area contributed by atoms with Crippen molar-refractivity contribution in [2.75, 3.05) is 13.1 Å². The summed E-state index contributed by atoms with van der Waals surface area (Å²) in [6.45, 7) is 6.96. The van der Waals surface area contributed by atoms with E-state index in [0.29, 0.717) is 18.7 Å². The van der Waals surface area contributed by atoms with E-state index in [9.17, 15) is 14.0 Å². The van der Waals surface area contributed by atoms with Crippen molar-refractivity contribution in [3.63, 3.8) is 0 Å². The number of likely N-dealkylation sites (N-methyl/N-ethyl adjacent to an activating group) is 1. The predicted octanol–water partition coefficient (Wildman–Crippen LogP) is 1.27. The number of carbonyl (C=O) groups excluding carboxylic acids is 2. The molecule has 0 bridgehead atoms. The zero-order chi connectivity index (χ0) is 16.0. The molecule has 6 heteroatoms. The molecule has 3 N–H and O–H groups in total. The first-order valence-electron chi connectivity index (χ1n) is 7.01. The van der Waals surface area contributed by atoms with Crippen molar-refractivity contribution < 1.29 is 14.0 Å². The van der Waals surface area contributed by atoms with E-state index in [1.54, 1.807) is 11.8 Å². The molecule has 1 rings (SSSR count). The van der Waals surface area contributed by atoms with Gasteiger partial charge in [0.15, 0.2) is 0 Å². The Kier molecular flexibility index (Phi) is 6.30. The van der Waals surface area contributed by atoms with Gasteiger partial charge in [0.2, 0.25) is 11.8 Å². The standard InChI is InChI=1S/C15H22FN3O2/c1-4-19(5-2)15(21)10(3)18-9-12-8-11(14(17)20)6-7-13(12)16/h6-8,10,18H,4-5,9H2,1-3H3,(H2,17,20). The number of primary amides is 1. The smallest absolute Gasteiger partial charge is 0.248 e. The number of nitrogens with zero attached hydrogens (tertiary/aromatic N) is 1. The number of nitrogens with two attached hydrogens (primary N) is 1. The molecule has 116 valence electrons. The van der Waals surface area contributed by atoms with Gasteiger partial charge in [0.1, 0.15) is 5.82 Å². The summed E-state index contributed by atoms with van der Waals surface area (Å²) >= 11 is 0. The minimum Gasteiger partial charge on any atom is -0.366 e. The van der Waals surface area contributed by atoms with Gasteiger partial charge in [-0.25, -0.2) is 4.39 Å². The van der Waals surface area contributed by atoms with Crippen LogP contribution in [0.25, 0.3) is 0 Å². The summed E-state index contributed by atoms with van der Waals surface area (Å²) in [5.41, 5.74) is 5.73. The Labute approximate surface area is 124 Å². The van der Waals surface area contributed by atoms with Crippen molar-refractivity contribution >= 4 is 11.8 Å². The molecule has 0 spiro atoms. The number of hydrogen-bond donors (Lipinski definition) is 2. The van der Waals surface area contributed by atoms with Gasteiger partial charge >= 0.3 is 0 Å². The maximum Gasteiger partial charge on any atom is 0.248 e. The number of nitrogens with one attached hydrogen (secondary N) is 1. The second-order valence-corrected chi connectivity index (χ2v) is 4.78. The van der Waals surface area contributed by atoms with Crippen LogP contribution >= 0.6 is 0 Å². The van der Waals surface area contributed by atoms with Crippen molar-refractivity contribution in [3.05, 3.63) is 35.1 Å². The van der Waals surface area contributed by atoms with Crippen LogP contribution in [-0.4, -0.2) is 35.8 Å². The van der Waals surface area contributed by atoms with E-state index in [1.165, 1.54) is 18.2 Å². The lowest BCUT2D eigenvalue weighted by atomic mass is 10.1. The fourth-order valence-electron chi connectivity index (χ4n) is 2.02. The zero-order valence-corrected chi connectivity index (χ0v) is 12.6. The molecule has 0 aliphatic heterocycles. The summed E-state index contributed by atoms with van der Waals surface area (Å²) in [6, 6.07) is 3.51. The largest absolute Gasteiger partial charge is 0.366 e. The Morgan fingerprint density at radius 3 is 2.48 bits per heavy atom. The fourth-order valence-corrected chi connectivity index (χ4v) is 2.02. The highest BCUT2D eigenvalue weighted by molar-refractivity contribution is 5.92. The van der Waals surface area contributed by atoms with Gasteiger partial charge in [-0.2, -0.15) is 0 Å². The molecule has 0 saturated heterocycles. The second kappa shape index (κ2) is 7.73. The molecule has 0 aliphatic rings. The number of hydrogen-bond acceptors (Lipinski definition) is 3. The fraction of sp³-hybridized carbons (Fsp3) is 0.467. The first-order valence-corrected chi connectivity index (χ1v) is 7.01. The van der Waals surface area contributed by atoms with Crippen molar-refractivity contribution in [2.24, 2.45) is 5.73 Å². The number of carbonyl (C=O) groups is 2. The van der Waals surface area contributed by atoms with E-state index in [2.05, 4.69) is 5.32 Å². The average Bonchev–Trinajstić information content (AvgIpc) is 2.46. The summed E-state index contributed by atoms with van der Waals surface area (Å²) in [6.07, 6.45) is 0. The molecule has 0 fully saturated rings. The Hall–Kier alpha value is -1.95. The number of amides is 2. The van der Waals surface area contributed by atoms with Crippen LogP contribution in [0.3, 0.4) is 0 Å². The molecule has 1 unspecified atom stereocenters. The molecular weight excluding hydrogens is 273 g/mol. The maximum absolute atomic E-state index is 13.7. The maximum atomic E-state index is 13.7. The summed E-state index contributed by atoms with van der Waals surface area (Å²) in [5.74, 6) is -1.08. The normalized spacial score (nSPS) is 12.0. The van der Waals surface area contributed by atoms with Crippen LogP contribution in [0.5, 0.6) is 0 Å². The molecule has 1 aromatic carbocycles. The Balaban J connectivity index is 2.72. The third kappa shape index (κ3) is 4.53. The van der Waals surface area contributed by atoms with Crippen LogP contribution in [0, 0.1) is 5.82 Å². The first kappa shape index (κ1) is 17.1. The molecule has 21 heavy (non-hydrogen) atoms. The van der Waals surface area contributed by atoms with Crippen molar-refractivity contribution in [2.45, 2.75) is 33.4 Å². The van der Waals surface area contributed by atoms with Crippen molar-refractivity contribution in [3.8, 4) is 0 Å². The minimum absolute atomic E-state index is 0.0357. The van der Waals surface area contributed by atoms with Crippen LogP contribution in [0.1, 0.15) is 36.7 Å². The average molecular weight is 295 g/mol. The van der Waals surface area contributed by atoms with Gasteiger partial charge in [-0.05, 0) is 39.0 Å². The third-order valence-electron chi connectivity index (χ3n) is 3.37. The van der Waals surface area contributed by atoms with Gasteiger partial charge in [0.25, 0.3) is 0 Å². The summed E-state index contributed by atoms with van der Waals surface area (Å²) in [5, 5.41) is 2.97. The highest BCUT2D eigenvalue weighted by Crippen LogP contribution is 2.10. The lowest BCUT2D eigenvalue weighted by Gasteiger charge is -2.23. The molecule has 1 atom stereocenters.